The van der Waals surface area contributed by atoms with Gasteiger partial charge < -0.3 is 15.4 Å². The fourth-order valence-corrected chi connectivity index (χ4v) is 2.79. The largest absolute Gasteiger partial charge is 0.397 e. The van der Waals surface area contributed by atoms with Gasteiger partial charge in [-0.25, -0.2) is 0 Å². The Balaban J connectivity index is 2.33. The van der Waals surface area contributed by atoms with Gasteiger partial charge in [-0.3, -0.25) is 0 Å². The van der Waals surface area contributed by atoms with E-state index in [2.05, 4.69) is 20.8 Å². The molecule has 1 aliphatic heterocycles. The van der Waals surface area contributed by atoms with E-state index in [0.29, 0.717) is 10.7 Å². The number of ether oxygens (including phenoxy) is 1. The van der Waals surface area contributed by atoms with Crippen molar-refractivity contribution in [3.8, 4) is 0 Å². The van der Waals surface area contributed by atoms with E-state index < -0.39 is 0 Å². The molecule has 1 aromatic rings. The molecule has 0 amide bonds. The third-order valence-corrected chi connectivity index (χ3v) is 3.21. The molecule has 0 radical (unpaired) electrons. The third kappa shape index (κ3) is 2.38. The molecule has 0 aliphatic carbocycles. The SMILES string of the molecule is Nc1cc(Cl)cc(Br)c1N1CCOCC1. The van der Waals surface area contributed by atoms with Crippen molar-refractivity contribution in [3.63, 3.8) is 0 Å². The summed E-state index contributed by atoms with van der Waals surface area (Å²) in [7, 11) is 0. The Hall–Kier alpha value is -0.450. The van der Waals surface area contributed by atoms with Crippen LogP contribution in [0.1, 0.15) is 0 Å². The topological polar surface area (TPSA) is 38.5 Å². The van der Waals surface area contributed by atoms with Gasteiger partial charge in [0.25, 0.3) is 0 Å². The Bertz CT molecular complexity index is 343. The summed E-state index contributed by atoms with van der Waals surface area (Å²) in [6.07, 6.45) is 0. The van der Waals surface area contributed by atoms with Crippen LogP contribution in [0.5, 0.6) is 0 Å². The quantitative estimate of drug-likeness (QED) is 0.808. The van der Waals surface area contributed by atoms with Crippen LogP contribution in [0, 0.1) is 0 Å². The van der Waals surface area contributed by atoms with Crippen LogP contribution in [0.4, 0.5) is 11.4 Å². The molecule has 5 heteroatoms. The van der Waals surface area contributed by atoms with Gasteiger partial charge in [0.15, 0.2) is 0 Å². The van der Waals surface area contributed by atoms with E-state index in [1.54, 1.807) is 6.07 Å². The molecule has 0 saturated carbocycles. The van der Waals surface area contributed by atoms with E-state index in [4.69, 9.17) is 22.1 Å². The Kier molecular flexibility index (Phi) is 3.38. The van der Waals surface area contributed by atoms with Crippen LogP contribution in [-0.4, -0.2) is 26.3 Å². The van der Waals surface area contributed by atoms with E-state index in [9.17, 15) is 0 Å². The summed E-state index contributed by atoms with van der Waals surface area (Å²) in [5.74, 6) is 0. The van der Waals surface area contributed by atoms with Crippen molar-refractivity contribution in [1.29, 1.82) is 0 Å². The van der Waals surface area contributed by atoms with E-state index in [1.165, 1.54) is 0 Å². The first kappa shape index (κ1) is 11.0. The number of hydrogen-bond acceptors (Lipinski definition) is 3. The summed E-state index contributed by atoms with van der Waals surface area (Å²) in [5.41, 5.74) is 7.68. The number of nitrogens with zero attached hydrogens (tertiary/aromatic N) is 1. The van der Waals surface area contributed by atoms with Crippen LogP contribution in [0.15, 0.2) is 16.6 Å². The van der Waals surface area contributed by atoms with Crippen molar-refractivity contribution in [2.24, 2.45) is 0 Å². The molecule has 82 valence electrons. The van der Waals surface area contributed by atoms with Crippen LogP contribution in [0.3, 0.4) is 0 Å². The average Bonchev–Trinajstić information content (AvgIpc) is 2.17. The Morgan fingerprint density at radius 3 is 2.60 bits per heavy atom. The Labute approximate surface area is 102 Å². The van der Waals surface area contributed by atoms with Crippen molar-refractivity contribution in [2.75, 3.05) is 36.9 Å². The molecule has 0 bridgehead atoms. The number of hydrogen-bond donors (Lipinski definition) is 1. The maximum Gasteiger partial charge on any atom is 0.0746 e. The second-order valence-electron chi connectivity index (χ2n) is 3.42. The van der Waals surface area contributed by atoms with Crippen LogP contribution in [0.25, 0.3) is 0 Å². The lowest BCUT2D eigenvalue weighted by Gasteiger charge is -2.30. The van der Waals surface area contributed by atoms with Crippen molar-refractivity contribution in [3.05, 3.63) is 21.6 Å². The molecule has 2 N–H and O–H groups in total. The Morgan fingerprint density at radius 1 is 1.33 bits per heavy atom. The highest BCUT2D eigenvalue weighted by atomic mass is 79.9. The highest BCUT2D eigenvalue weighted by molar-refractivity contribution is 9.10. The summed E-state index contributed by atoms with van der Waals surface area (Å²) in [4.78, 5) is 2.21. The van der Waals surface area contributed by atoms with Gasteiger partial charge in [-0.05, 0) is 28.1 Å². The fourth-order valence-electron chi connectivity index (χ4n) is 1.71. The second-order valence-corrected chi connectivity index (χ2v) is 4.72. The summed E-state index contributed by atoms with van der Waals surface area (Å²) in [5, 5.41) is 0.649. The number of nitrogens with two attached hydrogens (primary N) is 1. The van der Waals surface area contributed by atoms with Gasteiger partial charge in [-0.2, -0.15) is 0 Å². The lowest BCUT2D eigenvalue weighted by molar-refractivity contribution is 0.122. The van der Waals surface area contributed by atoms with Crippen molar-refractivity contribution < 1.29 is 4.74 Å². The zero-order valence-electron chi connectivity index (χ0n) is 8.17. The van der Waals surface area contributed by atoms with Crippen LogP contribution >= 0.6 is 27.5 Å². The number of rotatable bonds is 1. The molecule has 1 aromatic carbocycles. The number of nitrogen functional groups attached to an aromatic ring is 1. The van der Waals surface area contributed by atoms with Crippen molar-refractivity contribution in [2.45, 2.75) is 0 Å². The van der Waals surface area contributed by atoms with Crippen molar-refractivity contribution >= 4 is 38.9 Å². The molecular formula is C10H12BrClN2O. The van der Waals surface area contributed by atoms with Crippen LogP contribution in [-0.2, 0) is 4.74 Å². The zero-order valence-corrected chi connectivity index (χ0v) is 10.5. The van der Waals surface area contributed by atoms with Gasteiger partial charge in [0, 0.05) is 22.6 Å². The number of halogens is 2. The molecule has 1 aliphatic rings. The number of anilines is 2. The standard InChI is InChI=1S/C10H12BrClN2O/c11-8-5-7(12)6-9(13)10(8)14-1-3-15-4-2-14/h5-6H,1-4,13H2. The molecule has 0 aromatic heterocycles. The minimum absolute atomic E-state index is 0.649. The molecular weight excluding hydrogens is 279 g/mol. The first-order valence-corrected chi connectivity index (χ1v) is 5.93. The first-order valence-electron chi connectivity index (χ1n) is 4.75. The van der Waals surface area contributed by atoms with Gasteiger partial charge in [-0.1, -0.05) is 11.6 Å². The fraction of sp³-hybridized carbons (Fsp3) is 0.400. The van der Waals surface area contributed by atoms with Crippen molar-refractivity contribution in [1.82, 2.24) is 0 Å². The van der Waals surface area contributed by atoms with E-state index in [-0.39, 0.29) is 0 Å². The molecule has 0 unspecified atom stereocenters. The minimum Gasteiger partial charge on any atom is -0.397 e. The number of benzene rings is 1. The Morgan fingerprint density at radius 2 is 2.00 bits per heavy atom. The predicted octanol–water partition coefficient (Wildman–Crippen LogP) is 2.52. The average molecular weight is 292 g/mol. The maximum absolute atomic E-state index is 5.96. The molecule has 1 fully saturated rings. The predicted molar refractivity (Wildman–Crippen MR) is 66.6 cm³/mol. The zero-order chi connectivity index (χ0) is 10.8. The van der Waals surface area contributed by atoms with Gasteiger partial charge >= 0.3 is 0 Å². The van der Waals surface area contributed by atoms with E-state index in [1.807, 2.05) is 6.07 Å². The third-order valence-electron chi connectivity index (χ3n) is 2.38. The molecule has 2 rings (SSSR count). The van der Waals surface area contributed by atoms with Gasteiger partial charge in [0.1, 0.15) is 0 Å². The molecule has 1 heterocycles. The molecule has 15 heavy (non-hydrogen) atoms. The second kappa shape index (κ2) is 4.60. The number of morpholine rings is 1. The van der Waals surface area contributed by atoms with Crippen LogP contribution < -0.4 is 10.6 Å². The molecule has 0 atom stereocenters. The summed E-state index contributed by atoms with van der Waals surface area (Å²) >= 11 is 9.39. The highest BCUT2D eigenvalue weighted by Crippen LogP contribution is 2.35. The summed E-state index contributed by atoms with van der Waals surface area (Å²) in [6.45, 7) is 3.22. The van der Waals surface area contributed by atoms with E-state index in [0.717, 1.165) is 36.5 Å². The smallest absolute Gasteiger partial charge is 0.0746 e. The van der Waals surface area contributed by atoms with Gasteiger partial charge in [-0.15, -0.1) is 0 Å². The van der Waals surface area contributed by atoms with Gasteiger partial charge in [0.2, 0.25) is 0 Å². The lowest BCUT2D eigenvalue weighted by Crippen LogP contribution is -2.36. The van der Waals surface area contributed by atoms with Gasteiger partial charge in [0.05, 0.1) is 24.6 Å². The minimum atomic E-state index is 0.649. The molecule has 1 saturated heterocycles. The first-order chi connectivity index (χ1) is 7.18. The molecule has 0 spiro atoms. The highest BCUT2D eigenvalue weighted by Gasteiger charge is 2.16. The molecule has 3 nitrogen and oxygen atoms in total. The summed E-state index contributed by atoms with van der Waals surface area (Å²) in [6, 6.07) is 3.64. The normalized spacial score (nSPS) is 16.8. The van der Waals surface area contributed by atoms with E-state index >= 15 is 0 Å². The monoisotopic (exact) mass is 290 g/mol. The maximum atomic E-state index is 5.96. The summed E-state index contributed by atoms with van der Waals surface area (Å²) < 4.78 is 6.24. The van der Waals surface area contributed by atoms with Crippen LogP contribution in [0.2, 0.25) is 5.02 Å². The lowest BCUT2D eigenvalue weighted by atomic mass is 10.2.